The maximum absolute atomic E-state index is 11.6. The van der Waals surface area contributed by atoms with Gasteiger partial charge in [0.25, 0.3) is 5.78 Å². The standard InChI is InChI=1S/C15H15N5O2/c1-3-22-14(21)11-4-6-12(7-5-11)19-13-8-10(2)18-15-16-9-17-20(13)15/h4-9,19H,3H2,1-2H3. The summed E-state index contributed by atoms with van der Waals surface area (Å²) >= 11 is 0. The van der Waals surface area contributed by atoms with Gasteiger partial charge in [0.15, 0.2) is 0 Å². The Bertz CT molecular complexity index is 810. The van der Waals surface area contributed by atoms with Crippen LogP contribution in [0.25, 0.3) is 5.78 Å². The molecule has 7 heteroatoms. The number of hydrogen-bond acceptors (Lipinski definition) is 6. The second-order valence-electron chi connectivity index (χ2n) is 4.68. The van der Waals surface area contributed by atoms with E-state index in [0.717, 1.165) is 17.2 Å². The fourth-order valence-corrected chi connectivity index (χ4v) is 2.07. The minimum atomic E-state index is -0.326. The molecule has 0 saturated heterocycles. The number of esters is 1. The molecule has 0 aliphatic carbocycles. The average molecular weight is 297 g/mol. The minimum absolute atomic E-state index is 0.326. The van der Waals surface area contributed by atoms with Crippen molar-refractivity contribution in [2.75, 3.05) is 11.9 Å². The van der Waals surface area contributed by atoms with Gasteiger partial charge in [-0.3, -0.25) is 0 Å². The van der Waals surface area contributed by atoms with Crippen LogP contribution in [-0.2, 0) is 4.74 Å². The molecule has 3 rings (SSSR count). The van der Waals surface area contributed by atoms with Gasteiger partial charge in [-0.05, 0) is 38.1 Å². The fourth-order valence-electron chi connectivity index (χ4n) is 2.07. The molecule has 2 aromatic heterocycles. The van der Waals surface area contributed by atoms with Gasteiger partial charge in [0.2, 0.25) is 0 Å². The number of benzene rings is 1. The molecular weight excluding hydrogens is 282 g/mol. The van der Waals surface area contributed by atoms with Crippen LogP contribution in [0.5, 0.6) is 0 Å². The third kappa shape index (κ3) is 2.73. The Labute approximate surface area is 127 Å². The highest BCUT2D eigenvalue weighted by Gasteiger charge is 2.08. The molecule has 2 heterocycles. The van der Waals surface area contributed by atoms with Gasteiger partial charge in [-0.1, -0.05) is 0 Å². The molecule has 1 aromatic carbocycles. The normalized spacial score (nSPS) is 10.6. The van der Waals surface area contributed by atoms with E-state index >= 15 is 0 Å². The first-order valence-corrected chi connectivity index (χ1v) is 6.89. The van der Waals surface area contributed by atoms with Gasteiger partial charge >= 0.3 is 5.97 Å². The van der Waals surface area contributed by atoms with E-state index in [0.29, 0.717) is 17.9 Å². The van der Waals surface area contributed by atoms with Crippen LogP contribution in [0.3, 0.4) is 0 Å². The SMILES string of the molecule is CCOC(=O)c1ccc(Nc2cc(C)nc3ncnn23)cc1. The van der Waals surface area contributed by atoms with E-state index in [1.54, 1.807) is 23.6 Å². The summed E-state index contributed by atoms with van der Waals surface area (Å²) in [5.41, 5.74) is 2.19. The van der Waals surface area contributed by atoms with Crippen molar-refractivity contribution in [2.24, 2.45) is 0 Å². The molecule has 3 aromatic rings. The Morgan fingerprint density at radius 1 is 1.32 bits per heavy atom. The van der Waals surface area contributed by atoms with Crippen molar-refractivity contribution in [3.05, 3.63) is 47.9 Å². The van der Waals surface area contributed by atoms with Gasteiger partial charge in [-0.15, -0.1) is 0 Å². The quantitative estimate of drug-likeness (QED) is 0.744. The third-order valence-electron chi connectivity index (χ3n) is 3.05. The van der Waals surface area contributed by atoms with Gasteiger partial charge in [0.05, 0.1) is 12.2 Å². The van der Waals surface area contributed by atoms with E-state index in [-0.39, 0.29) is 5.97 Å². The predicted molar refractivity (Wildman–Crippen MR) is 81.2 cm³/mol. The molecule has 0 spiro atoms. The van der Waals surface area contributed by atoms with Crippen LogP contribution in [0.1, 0.15) is 23.0 Å². The summed E-state index contributed by atoms with van der Waals surface area (Å²) in [6.07, 6.45) is 1.46. The molecule has 0 atom stereocenters. The van der Waals surface area contributed by atoms with Gasteiger partial charge < -0.3 is 10.1 Å². The van der Waals surface area contributed by atoms with Gasteiger partial charge in [-0.25, -0.2) is 9.78 Å². The molecule has 0 fully saturated rings. The van der Waals surface area contributed by atoms with E-state index < -0.39 is 0 Å². The summed E-state index contributed by atoms with van der Waals surface area (Å²) in [4.78, 5) is 20.0. The summed E-state index contributed by atoms with van der Waals surface area (Å²) in [5.74, 6) is 0.960. The highest BCUT2D eigenvalue weighted by atomic mass is 16.5. The number of carbonyl (C=O) groups excluding carboxylic acids is 1. The number of nitrogens with zero attached hydrogens (tertiary/aromatic N) is 4. The van der Waals surface area contributed by atoms with Crippen molar-refractivity contribution in [3.8, 4) is 0 Å². The average Bonchev–Trinajstić information content (AvgIpc) is 2.96. The number of fused-ring (bicyclic) bond motifs is 1. The maximum Gasteiger partial charge on any atom is 0.338 e. The van der Waals surface area contributed by atoms with Gasteiger partial charge in [0, 0.05) is 17.4 Å². The van der Waals surface area contributed by atoms with Gasteiger partial charge in [0.1, 0.15) is 12.1 Å². The number of ether oxygens (including phenoxy) is 1. The monoisotopic (exact) mass is 297 g/mol. The van der Waals surface area contributed by atoms with E-state index in [1.165, 1.54) is 6.33 Å². The Kier molecular flexibility index (Phi) is 3.69. The molecule has 0 amide bonds. The van der Waals surface area contributed by atoms with E-state index in [1.807, 2.05) is 25.1 Å². The van der Waals surface area contributed by atoms with Crippen molar-refractivity contribution in [1.82, 2.24) is 19.6 Å². The molecule has 0 aliphatic rings. The van der Waals surface area contributed by atoms with Crippen molar-refractivity contribution >= 4 is 23.3 Å². The smallest absolute Gasteiger partial charge is 0.338 e. The number of hydrogen-bond donors (Lipinski definition) is 1. The lowest BCUT2D eigenvalue weighted by molar-refractivity contribution is 0.0526. The third-order valence-corrected chi connectivity index (χ3v) is 3.05. The molecule has 0 bridgehead atoms. The van der Waals surface area contributed by atoms with E-state index in [9.17, 15) is 4.79 Å². The van der Waals surface area contributed by atoms with Crippen LogP contribution in [0, 0.1) is 6.92 Å². The van der Waals surface area contributed by atoms with Crippen molar-refractivity contribution in [3.63, 3.8) is 0 Å². The van der Waals surface area contributed by atoms with Crippen molar-refractivity contribution in [2.45, 2.75) is 13.8 Å². The zero-order chi connectivity index (χ0) is 15.5. The molecule has 22 heavy (non-hydrogen) atoms. The summed E-state index contributed by atoms with van der Waals surface area (Å²) in [6.45, 7) is 4.03. The topological polar surface area (TPSA) is 81.4 Å². The van der Waals surface area contributed by atoms with Crippen LogP contribution in [-0.4, -0.2) is 32.2 Å². The maximum atomic E-state index is 11.6. The van der Waals surface area contributed by atoms with Crippen LogP contribution in [0.4, 0.5) is 11.5 Å². The number of carbonyl (C=O) groups is 1. The number of rotatable bonds is 4. The Hall–Kier alpha value is -2.96. The largest absolute Gasteiger partial charge is 0.462 e. The van der Waals surface area contributed by atoms with E-state index in [4.69, 9.17) is 4.74 Å². The van der Waals surface area contributed by atoms with Crippen molar-refractivity contribution < 1.29 is 9.53 Å². The molecule has 112 valence electrons. The number of nitrogens with one attached hydrogen (secondary N) is 1. The summed E-state index contributed by atoms with van der Waals surface area (Å²) in [5, 5.41) is 7.37. The number of aromatic nitrogens is 4. The lowest BCUT2D eigenvalue weighted by Crippen LogP contribution is -2.05. The molecular formula is C15H15N5O2. The number of anilines is 2. The fraction of sp³-hybridized carbons (Fsp3) is 0.200. The Morgan fingerprint density at radius 3 is 2.82 bits per heavy atom. The zero-order valence-electron chi connectivity index (χ0n) is 12.3. The zero-order valence-corrected chi connectivity index (χ0v) is 12.3. The molecule has 0 unspecified atom stereocenters. The molecule has 1 N–H and O–H groups in total. The molecule has 0 saturated carbocycles. The minimum Gasteiger partial charge on any atom is -0.462 e. The Balaban J connectivity index is 1.86. The highest BCUT2D eigenvalue weighted by Crippen LogP contribution is 2.18. The second kappa shape index (κ2) is 5.80. The van der Waals surface area contributed by atoms with Crippen LogP contribution in [0.2, 0.25) is 0 Å². The van der Waals surface area contributed by atoms with E-state index in [2.05, 4.69) is 20.4 Å². The van der Waals surface area contributed by atoms with Gasteiger partial charge in [-0.2, -0.15) is 14.6 Å². The molecule has 0 aliphatic heterocycles. The summed E-state index contributed by atoms with van der Waals surface area (Å²) in [7, 11) is 0. The molecule has 0 radical (unpaired) electrons. The van der Waals surface area contributed by atoms with Crippen LogP contribution in [0.15, 0.2) is 36.7 Å². The lowest BCUT2D eigenvalue weighted by Gasteiger charge is -2.09. The van der Waals surface area contributed by atoms with Crippen LogP contribution < -0.4 is 5.32 Å². The Morgan fingerprint density at radius 2 is 2.09 bits per heavy atom. The second-order valence-corrected chi connectivity index (χ2v) is 4.68. The van der Waals surface area contributed by atoms with Crippen LogP contribution >= 0.6 is 0 Å². The highest BCUT2D eigenvalue weighted by molar-refractivity contribution is 5.89. The first-order chi connectivity index (χ1) is 10.7. The number of aryl methyl sites for hydroxylation is 1. The lowest BCUT2D eigenvalue weighted by atomic mass is 10.2. The summed E-state index contributed by atoms with van der Waals surface area (Å²) in [6, 6.07) is 8.93. The first-order valence-electron chi connectivity index (χ1n) is 6.89. The predicted octanol–water partition coefficient (Wildman–Crippen LogP) is 2.35. The summed E-state index contributed by atoms with van der Waals surface area (Å²) < 4.78 is 6.58. The van der Waals surface area contributed by atoms with Crippen molar-refractivity contribution in [1.29, 1.82) is 0 Å². The first kappa shape index (κ1) is 14.0. The molecule has 7 nitrogen and oxygen atoms in total.